The fraction of sp³-hybridized carbons (Fsp3) is 0.500. The number of hydrogen-bond donors (Lipinski definition) is 2. The molecule has 1 aromatic rings. The molecule has 1 heterocycles. The number of nitrogens with zero attached hydrogens (tertiary/aromatic N) is 1. The predicted octanol–water partition coefficient (Wildman–Crippen LogP) is 3.36. The molecular formula is C20H27N3O7. The lowest BCUT2D eigenvalue weighted by Crippen LogP contribution is -2.46. The number of hydrogen-bond acceptors (Lipinski definition) is 7. The van der Waals surface area contributed by atoms with Gasteiger partial charge in [0.1, 0.15) is 0 Å². The van der Waals surface area contributed by atoms with Gasteiger partial charge in [0.25, 0.3) is 0 Å². The summed E-state index contributed by atoms with van der Waals surface area (Å²) in [6, 6.07) is 1.31. The molecule has 0 aromatic heterocycles. The molecule has 0 bridgehead atoms. The van der Waals surface area contributed by atoms with Gasteiger partial charge in [0, 0.05) is 11.8 Å². The highest BCUT2D eigenvalue weighted by molar-refractivity contribution is 5.95. The van der Waals surface area contributed by atoms with Gasteiger partial charge in [-0.25, -0.2) is 9.59 Å². The van der Waals surface area contributed by atoms with E-state index in [1.807, 2.05) is 6.92 Å². The number of urea groups is 1. The van der Waals surface area contributed by atoms with Crippen molar-refractivity contribution in [3.05, 3.63) is 39.1 Å². The first-order valence-corrected chi connectivity index (χ1v) is 9.65. The van der Waals surface area contributed by atoms with Crippen LogP contribution in [-0.2, 0) is 9.53 Å². The number of ether oxygens (including phenoxy) is 3. The number of rotatable bonds is 9. The highest BCUT2D eigenvalue weighted by atomic mass is 16.6. The van der Waals surface area contributed by atoms with Gasteiger partial charge in [-0.2, -0.15) is 0 Å². The van der Waals surface area contributed by atoms with Crippen LogP contribution in [0.3, 0.4) is 0 Å². The molecule has 0 saturated carbocycles. The van der Waals surface area contributed by atoms with Crippen LogP contribution in [0.15, 0.2) is 23.4 Å². The van der Waals surface area contributed by atoms with E-state index in [-0.39, 0.29) is 28.9 Å². The Labute approximate surface area is 174 Å². The maximum atomic E-state index is 12.9. The van der Waals surface area contributed by atoms with E-state index in [1.54, 1.807) is 13.8 Å². The molecule has 0 fully saturated rings. The summed E-state index contributed by atoms with van der Waals surface area (Å²) in [5.74, 6) is -0.541. The van der Waals surface area contributed by atoms with Gasteiger partial charge in [0.2, 0.25) is 5.75 Å². The van der Waals surface area contributed by atoms with Crippen LogP contribution >= 0.6 is 0 Å². The molecule has 10 nitrogen and oxygen atoms in total. The van der Waals surface area contributed by atoms with Gasteiger partial charge in [-0.1, -0.05) is 13.3 Å². The monoisotopic (exact) mass is 421 g/mol. The number of unbranched alkanes of at least 4 members (excludes halogenated alkanes) is 1. The molecule has 0 spiro atoms. The lowest BCUT2D eigenvalue weighted by molar-refractivity contribution is -0.385. The second-order valence-corrected chi connectivity index (χ2v) is 7.01. The second-order valence-electron chi connectivity index (χ2n) is 7.01. The Morgan fingerprint density at radius 1 is 1.27 bits per heavy atom. The van der Waals surface area contributed by atoms with Gasteiger partial charge >= 0.3 is 17.7 Å². The predicted molar refractivity (Wildman–Crippen MR) is 108 cm³/mol. The molecule has 2 amide bonds. The Balaban J connectivity index is 2.68. The molecule has 1 unspecified atom stereocenters. The van der Waals surface area contributed by atoms with Gasteiger partial charge in [-0.15, -0.1) is 0 Å². The minimum absolute atomic E-state index is 0.0481. The van der Waals surface area contributed by atoms with Crippen LogP contribution in [0.25, 0.3) is 0 Å². The first-order chi connectivity index (χ1) is 14.2. The van der Waals surface area contributed by atoms with Crippen LogP contribution in [0, 0.1) is 10.1 Å². The van der Waals surface area contributed by atoms with E-state index >= 15 is 0 Å². The first kappa shape index (κ1) is 23.0. The van der Waals surface area contributed by atoms with E-state index < -0.39 is 23.0 Å². The standard InChI is InChI=1S/C20H27N3O7/c1-6-7-8-13-16(19(24)30-11(2)3)17(22-20(25)21-13)12-9-14(23(26)27)18(29-5)15(10-12)28-4/h9-11,17H,6-8H2,1-5H3,(H2,21,22,25). The SMILES string of the molecule is CCCCC1=C(C(=O)OC(C)C)C(c2cc(OC)c(OC)c([N+](=O)[O-])c2)NC(=O)N1. The number of esters is 1. The van der Waals surface area contributed by atoms with Crippen molar-refractivity contribution in [1.82, 2.24) is 10.6 Å². The Bertz CT molecular complexity index is 864. The zero-order valence-corrected chi connectivity index (χ0v) is 17.7. The molecule has 0 aliphatic carbocycles. The fourth-order valence-corrected chi connectivity index (χ4v) is 3.20. The minimum Gasteiger partial charge on any atom is -0.493 e. The number of benzene rings is 1. The van der Waals surface area contributed by atoms with Crippen molar-refractivity contribution in [2.45, 2.75) is 52.2 Å². The summed E-state index contributed by atoms with van der Waals surface area (Å²) in [6.45, 7) is 5.43. The molecule has 2 N–H and O–H groups in total. The average Bonchev–Trinajstić information content (AvgIpc) is 2.69. The van der Waals surface area contributed by atoms with E-state index in [4.69, 9.17) is 14.2 Å². The summed E-state index contributed by atoms with van der Waals surface area (Å²) in [5, 5.41) is 16.9. The smallest absolute Gasteiger partial charge is 0.338 e. The molecule has 0 saturated heterocycles. The Hall–Kier alpha value is -3.30. The van der Waals surface area contributed by atoms with Crippen LogP contribution in [0.2, 0.25) is 0 Å². The highest BCUT2D eigenvalue weighted by Gasteiger charge is 2.36. The van der Waals surface area contributed by atoms with Crippen molar-refractivity contribution in [2.75, 3.05) is 14.2 Å². The third-order valence-corrected chi connectivity index (χ3v) is 4.51. The molecule has 1 aromatic carbocycles. The number of allylic oxidation sites excluding steroid dienone is 1. The van der Waals surface area contributed by atoms with Crippen molar-refractivity contribution in [1.29, 1.82) is 0 Å². The van der Waals surface area contributed by atoms with E-state index in [0.29, 0.717) is 17.7 Å². The lowest BCUT2D eigenvalue weighted by atomic mass is 9.92. The third kappa shape index (κ3) is 5.00. The van der Waals surface area contributed by atoms with Crippen molar-refractivity contribution < 1.29 is 28.7 Å². The van der Waals surface area contributed by atoms with Gasteiger partial charge in [-0.05, 0) is 38.3 Å². The number of nitro benzene ring substituents is 1. The number of nitrogens with one attached hydrogen (secondary N) is 2. The summed E-state index contributed by atoms with van der Waals surface area (Å²) < 4.78 is 15.8. The molecule has 1 atom stereocenters. The molecule has 1 aliphatic heterocycles. The molecule has 0 radical (unpaired) electrons. The van der Waals surface area contributed by atoms with Crippen LogP contribution in [0.4, 0.5) is 10.5 Å². The van der Waals surface area contributed by atoms with Crippen LogP contribution in [0.1, 0.15) is 51.6 Å². The van der Waals surface area contributed by atoms with Crippen molar-refractivity contribution in [2.24, 2.45) is 0 Å². The summed E-state index contributed by atoms with van der Waals surface area (Å²) in [4.78, 5) is 36.2. The molecule has 1 aliphatic rings. The van der Waals surface area contributed by atoms with Gasteiger partial charge < -0.3 is 24.8 Å². The molecule has 30 heavy (non-hydrogen) atoms. The summed E-state index contributed by atoms with van der Waals surface area (Å²) in [6.07, 6.45) is 1.67. The van der Waals surface area contributed by atoms with Gasteiger partial charge in [0.05, 0.1) is 36.9 Å². The second kappa shape index (κ2) is 9.95. The number of nitro groups is 1. The molecular weight excluding hydrogens is 394 g/mol. The van der Waals surface area contributed by atoms with Gasteiger partial charge in [-0.3, -0.25) is 10.1 Å². The minimum atomic E-state index is -0.949. The normalized spacial score (nSPS) is 16.1. The zero-order chi connectivity index (χ0) is 22.4. The van der Waals surface area contributed by atoms with Crippen LogP contribution < -0.4 is 20.1 Å². The lowest BCUT2D eigenvalue weighted by Gasteiger charge is -2.30. The van der Waals surface area contributed by atoms with E-state index in [0.717, 1.165) is 12.8 Å². The number of methoxy groups -OCH3 is 2. The largest absolute Gasteiger partial charge is 0.493 e. The maximum Gasteiger partial charge on any atom is 0.338 e. The molecule has 2 rings (SSSR count). The zero-order valence-electron chi connectivity index (χ0n) is 17.7. The number of amides is 2. The Kier molecular flexibility index (Phi) is 7.62. The van der Waals surface area contributed by atoms with Crippen molar-refractivity contribution >= 4 is 17.7 Å². The van der Waals surface area contributed by atoms with E-state index in [9.17, 15) is 19.7 Å². The topological polar surface area (TPSA) is 129 Å². The first-order valence-electron chi connectivity index (χ1n) is 9.65. The van der Waals surface area contributed by atoms with E-state index in [1.165, 1.54) is 26.4 Å². The average molecular weight is 421 g/mol. The van der Waals surface area contributed by atoms with Crippen LogP contribution in [-0.4, -0.2) is 37.2 Å². The van der Waals surface area contributed by atoms with Crippen molar-refractivity contribution in [3.63, 3.8) is 0 Å². The number of carbonyl (C=O) groups is 2. The summed E-state index contributed by atoms with van der Waals surface area (Å²) in [7, 11) is 2.65. The highest BCUT2D eigenvalue weighted by Crippen LogP contribution is 2.41. The van der Waals surface area contributed by atoms with Gasteiger partial charge in [0.15, 0.2) is 5.75 Å². The summed E-state index contributed by atoms with van der Waals surface area (Å²) >= 11 is 0. The fourth-order valence-electron chi connectivity index (χ4n) is 3.20. The Morgan fingerprint density at radius 2 is 1.97 bits per heavy atom. The van der Waals surface area contributed by atoms with Crippen molar-refractivity contribution in [3.8, 4) is 11.5 Å². The molecule has 164 valence electrons. The Morgan fingerprint density at radius 3 is 2.50 bits per heavy atom. The maximum absolute atomic E-state index is 12.9. The summed E-state index contributed by atoms with van der Waals surface area (Å²) in [5.41, 5.74) is 0.608. The van der Waals surface area contributed by atoms with E-state index in [2.05, 4.69) is 10.6 Å². The van der Waals surface area contributed by atoms with Crippen LogP contribution in [0.5, 0.6) is 11.5 Å². The third-order valence-electron chi connectivity index (χ3n) is 4.51. The molecule has 10 heteroatoms. The number of carbonyl (C=O) groups excluding carboxylic acids is 2. The quantitative estimate of drug-likeness (QED) is 0.355.